The fourth-order valence-corrected chi connectivity index (χ4v) is 6.01. The second-order valence-electron chi connectivity index (χ2n) is 9.45. The Kier molecular flexibility index (Phi) is 10.9. The Morgan fingerprint density at radius 2 is 1.57 bits per heavy atom. The first-order chi connectivity index (χ1) is 19.7. The second-order valence-corrected chi connectivity index (χ2v) is 12.2. The van der Waals surface area contributed by atoms with Crippen molar-refractivity contribution in [3.05, 3.63) is 93.5 Å². The van der Waals surface area contributed by atoms with Crippen LogP contribution >= 0.6 is 23.2 Å². The van der Waals surface area contributed by atoms with Crippen LogP contribution in [0.5, 0.6) is 0 Å². The molecule has 42 heavy (non-hydrogen) atoms. The zero-order valence-electron chi connectivity index (χ0n) is 23.1. The van der Waals surface area contributed by atoms with Gasteiger partial charge in [0.1, 0.15) is 12.6 Å². The van der Waals surface area contributed by atoms with Crippen LogP contribution in [0, 0.1) is 6.92 Å². The van der Waals surface area contributed by atoms with E-state index in [1.807, 2.05) is 0 Å². The van der Waals surface area contributed by atoms with Gasteiger partial charge in [-0.3, -0.25) is 13.9 Å². The molecule has 0 aliphatic heterocycles. The minimum atomic E-state index is -4.89. The number of nitrogens with zero attached hydrogens (tertiary/aromatic N) is 2. The number of alkyl halides is 3. The first-order valence-electron chi connectivity index (χ1n) is 13.0. The predicted octanol–water partition coefficient (Wildman–Crippen LogP) is 6.46. The number of likely N-dealkylation sites (N-methyl/N-ethyl adjacent to an activating group) is 1. The summed E-state index contributed by atoms with van der Waals surface area (Å²) in [5, 5.41) is 2.50. The molecule has 3 aromatic rings. The van der Waals surface area contributed by atoms with E-state index in [1.54, 1.807) is 45.0 Å². The van der Waals surface area contributed by atoms with Gasteiger partial charge in [-0.05, 0) is 68.3 Å². The van der Waals surface area contributed by atoms with E-state index in [-0.39, 0.29) is 24.4 Å². The van der Waals surface area contributed by atoms with Gasteiger partial charge in [-0.25, -0.2) is 8.42 Å². The van der Waals surface area contributed by atoms with Crippen LogP contribution in [0.25, 0.3) is 0 Å². The van der Waals surface area contributed by atoms with E-state index in [2.05, 4.69) is 5.32 Å². The van der Waals surface area contributed by atoms with Crippen LogP contribution in [0.2, 0.25) is 10.0 Å². The fourth-order valence-electron chi connectivity index (χ4n) is 4.25. The molecule has 0 saturated carbocycles. The van der Waals surface area contributed by atoms with Gasteiger partial charge in [0.2, 0.25) is 11.8 Å². The number of hydrogen-bond donors (Lipinski definition) is 1. The lowest BCUT2D eigenvalue weighted by Crippen LogP contribution is -2.52. The molecule has 0 aliphatic rings. The van der Waals surface area contributed by atoms with Gasteiger partial charge in [-0.2, -0.15) is 13.2 Å². The van der Waals surface area contributed by atoms with Crippen LogP contribution in [0.15, 0.2) is 71.6 Å². The molecule has 2 amide bonds. The third-order valence-corrected chi connectivity index (χ3v) is 8.80. The highest BCUT2D eigenvalue weighted by Gasteiger charge is 2.37. The number of nitrogens with one attached hydrogen (secondary N) is 1. The van der Waals surface area contributed by atoms with Crippen molar-refractivity contribution in [3.8, 4) is 0 Å². The van der Waals surface area contributed by atoms with Gasteiger partial charge >= 0.3 is 6.18 Å². The number of hydrogen-bond acceptors (Lipinski definition) is 4. The third-order valence-electron chi connectivity index (χ3n) is 6.43. The maximum Gasteiger partial charge on any atom is 0.417 e. The molecule has 3 aromatic carbocycles. The maximum atomic E-state index is 14.0. The van der Waals surface area contributed by atoms with Crippen LogP contribution in [0.4, 0.5) is 18.9 Å². The van der Waals surface area contributed by atoms with Crippen LogP contribution in [0.1, 0.15) is 37.0 Å². The number of aryl methyl sites for hydroxylation is 1. The molecule has 0 saturated heterocycles. The Morgan fingerprint density at radius 1 is 0.952 bits per heavy atom. The molecule has 0 heterocycles. The average Bonchev–Trinajstić information content (AvgIpc) is 2.92. The summed E-state index contributed by atoms with van der Waals surface area (Å²) in [6, 6.07) is 13.8. The average molecular weight is 645 g/mol. The number of benzene rings is 3. The molecule has 0 unspecified atom stereocenters. The molecular weight excluding hydrogens is 614 g/mol. The van der Waals surface area contributed by atoms with Crippen LogP contribution in [0.3, 0.4) is 0 Å². The van der Waals surface area contributed by atoms with Crippen LogP contribution < -0.4 is 9.62 Å². The Balaban J connectivity index is 2.14. The zero-order valence-corrected chi connectivity index (χ0v) is 25.4. The Bertz CT molecular complexity index is 1520. The minimum Gasteiger partial charge on any atom is -0.355 e. The van der Waals surface area contributed by atoms with Gasteiger partial charge in [0.25, 0.3) is 10.0 Å². The lowest BCUT2D eigenvalue weighted by Gasteiger charge is -2.33. The molecule has 0 aromatic heterocycles. The maximum absolute atomic E-state index is 14.0. The van der Waals surface area contributed by atoms with Crippen molar-refractivity contribution in [1.82, 2.24) is 10.2 Å². The van der Waals surface area contributed by atoms with Gasteiger partial charge in [-0.15, -0.1) is 0 Å². The van der Waals surface area contributed by atoms with Gasteiger partial charge in [0.05, 0.1) is 21.2 Å². The highest BCUT2D eigenvalue weighted by Crippen LogP contribution is 2.38. The van der Waals surface area contributed by atoms with Crippen molar-refractivity contribution in [2.24, 2.45) is 0 Å². The number of rotatable bonds is 11. The Labute approximate surface area is 253 Å². The number of halogens is 5. The first-order valence-corrected chi connectivity index (χ1v) is 15.2. The van der Waals surface area contributed by atoms with Gasteiger partial charge in [0, 0.05) is 18.1 Å². The molecule has 3 rings (SSSR count). The Hall–Kier alpha value is -3.28. The fraction of sp³-hybridized carbons (Fsp3) is 0.310. The van der Waals surface area contributed by atoms with Crippen LogP contribution in [-0.2, 0) is 32.3 Å². The lowest BCUT2D eigenvalue weighted by molar-refractivity contribution is -0.140. The standard InChI is InChI=1S/C29H30Cl2F3N3O4S/c1-4-26(28(39)35-5-2)36(17-20-8-10-21(30)11-9-20)27(38)18-37(42(40,41)23-13-6-19(3)7-14-23)22-12-15-25(31)24(16-22)29(32,33)34/h6-16,26H,4-5,17-18H2,1-3H3,(H,35,39)/t26-/m0/s1. The van der Waals surface area contributed by atoms with E-state index in [1.165, 1.54) is 29.2 Å². The smallest absolute Gasteiger partial charge is 0.355 e. The summed E-state index contributed by atoms with van der Waals surface area (Å²) in [6.45, 7) is 4.46. The molecule has 1 N–H and O–H groups in total. The molecule has 0 radical (unpaired) electrons. The van der Waals surface area contributed by atoms with E-state index in [4.69, 9.17) is 23.2 Å². The van der Waals surface area contributed by atoms with Gasteiger partial charge in [0.15, 0.2) is 0 Å². The monoisotopic (exact) mass is 643 g/mol. The summed E-state index contributed by atoms with van der Waals surface area (Å²) in [7, 11) is -4.56. The molecule has 0 aliphatic carbocycles. The molecular formula is C29H30Cl2F3N3O4S. The molecule has 0 bridgehead atoms. The van der Waals surface area contributed by atoms with Crippen molar-refractivity contribution in [1.29, 1.82) is 0 Å². The van der Waals surface area contributed by atoms with Gasteiger partial charge < -0.3 is 10.2 Å². The van der Waals surface area contributed by atoms with Crippen LogP contribution in [-0.4, -0.2) is 44.3 Å². The van der Waals surface area contributed by atoms with Gasteiger partial charge in [-0.1, -0.05) is 60.0 Å². The lowest BCUT2D eigenvalue weighted by atomic mass is 10.1. The minimum absolute atomic E-state index is 0.0848. The summed E-state index contributed by atoms with van der Waals surface area (Å²) in [6.07, 6.45) is -4.70. The second kappa shape index (κ2) is 13.8. The van der Waals surface area contributed by atoms with E-state index in [0.29, 0.717) is 21.0 Å². The number of anilines is 1. The number of sulfonamides is 1. The summed E-state index contributed by atoms with van der Waals surface area (Å²) >= 11 is 11.8. The number of carbonyl (C=O) groups excluding carboxylic acids is 2. The van der Waals surface area contributed by atoms with E-state index < -0.39 is 56.9 Å². The van der Waals surface area contributed by atoms with E-state index >= 15 is 0 Å². The van der Waals surface area contributed by atoms with Crippen molar-refractivity contribution >= 4 is 50.7 Å². The molecule has 13 heteroatoms. The highest BCUT2D eigenvalue weighted by molar-refractivity contribution is 7.92. The zero-order chi connectivity index (χ0) is 31.2. The third kappa shape index (κ3) is 7.96. The molecule has 226 valence electrons. The van der Waals surface area contributed by atoms with E-state index in [0.717, 1.165) is 17.7 Å². The Morgan fingerprint density at radius 3 is 2.12 bits per heavy atom. The quantitative estimate of drug-likeness (QED) is 0.260. The number of amides is 2. The molecule has 0 fully saturated rings. The highest BCUT2D eigenvalue weighted by atomic mass is 35.5. The summed E-state index contributed by atoms with van der Waals surface area (Å²) < 4.78 is 69.6. The summed E-state index contributed by atoms with van der Waals surface area (Å²) in [4.78, 5) is 27.9. The van der Waals surface area contributed by atoms with Crippen molar-refractivity contribution in [2.45, 2.75) is 50.9 Å². The SMILES string of the molecule is CCNC(=O)[C@H](CC)N(Cc1ccc(Cl)cc1)C(=O)CN(c1ccc(Cl)c(C(F)(F)F)c1)S(=O)(=O)c1ccc(C)cc1. The largest absolute Gasteiger partial charge is 0.417 e. The normalized spacial score (nSPS) is 12.5. The summed E-state index contributed by atoms with van der Waals surface area (Å²) in [5.41, 5.74) is -0.318. The van der Waals surface area contributed by atoms with Crippen molar-refractivity contribution < 1.29 is 31.2 Å². The van der Waals surface area contributed by atoms with Crippen molar-refractivity contribution in [3.63, 3.8) is 0 Å². The topological polar surface area (TPSA) is 86.8 Å². The van der Waals surface area contributed by atoms with E-state index in [9.17, 15) is 31.2 Å². The molecule has 7 nitrogen and oxygen atoms in total. The molecule has 0 spiro atoms. The molecule has 1 atom stereocenters. The van der Waals surface area contributed by atoms with Crippen molar-refractivity contribution in [2.75, 3.05) is 17.4 Å². The number of carbonyl (C=O) groups is 2. The summed E-state index contributed by atoms with van der Waals surface area (Å²) in [5.74, 6) is -1.26. The first kappa shape index (κ1) is 33.2. The predicted molar refractivity (Wildman–Crippen MR) is 157 cm³/mol.